The molecule has 0 amide bonds. The lowest BCUT2D eigenvalue weighted by Crippen LogP contribution is -2.43. The molecule has 0 spiro atoms. The molecule has 1 unspecified atom stereocenters. The predicted octanol–water partition coefficient (Wildman–Crippen LogP) is 1.33. The summed E-state index contributed by atoms with van der Waals surface area (Å²) in [7, 11) is 1.72. The van der Waals surface area contributed by atoms with Crippen molar-refractivity contribution in [2.45, 2.75) is 44.8 Å². The van der Waals surface area contributed by atoms with Gasteiger partial charge in [-0.1, -0.05) is 0 Å². The topological polar surface area (TPSA) is 56.5 Å². The molecular weight excluding hydrogens is 192 g/mol. The van der Waals surface area contributed by atoms with Gasteiger partial charge in [-0.15, -0.1) is 0 Å². The summed E-state index contributed by atoms with van der Waals surface area (Å²) in [5.74, 6) is 5.56. The first-order chi connectivity index (χ1) is 7.09. The van der Waals surface area contributed by atoms with E-state index in [0.717, 1.165) is 25.9 Å². The standard InChI is InChI=1S/C11H22N2O2/c1-11(2,14-3)7-10(13-12)9-5-4-6-15-8-9/h8,10,13H,4-7,12H2,1-3H3. The first kappa shape index (κ1) is 12.5. The number of rotatable bonds is 5. The van der Waals surface area contributed by atoms with Crippen LogP contribution in [-0.2, 0) is 9.47 Å². The van der Waals surface area contributed by atoms with Crippen LogP contribution in [0.1, 0.15) is 33.1 Å². The zero-order valence-corrected chi connectivity index (χ0v) is 9.88. The van der Waals surface area contributed by atoms with E-state index in [1.54, 1.807) is 7.11 Å². The fourth-order valence-corrected chi connectivity index (χ4v) is 1.71. The minimum absolute atomic E-state index is 0.139. The van der Waals surface area contributed by atoms with Crippen LogP contribution < -0.4 is 11.3 Å². The van der Waals surface area contributed by atoms with Gasteiger partial charge in [0.1, 0.15) is 0 Å². The number of methoxy groups -OCH3 is 1. The van der Waals surface area contributed by atoms with Crippen molar-refractivity contribution in [3.8, 4) is 0 Å². The smallest absolute Gasteiger partial charge is 0.0876 e. The van der Waals surface area contributed by atoms with Crippen LogP contribution >= 0.6 is 0 Å². The summed E-state index contributed by atoms with van der Waals surface area (Å²) >= 11 is 0. The van der Waals surface area contributed by atoms with Crippen LogP contribution in [0.2, 0.25) is 0 Å². The van der Waals surface area contributed by atoms with Crippen LogP contribution in [-0.4, -0.2) is 25.4 Å². The van der Waals surface area contributed by atoms with Crippen molar-refractivity contribution in [2.75, 3.05) is 13.7 Å². The number of nitrogens with one attached hydrogen (secondary N) is 1. The Morgan fingerprint density at radius 1 is 1.67 bits per heavy atom. The van der Waals surface area contributed by atoms with Crippen LogP contribution in [0.25, 0.3) is 0 Å². The Labute approximate surface area is 91.8 Å². The molecule has 0 saturated carbocycles. The first-order valence-corrected chi connectivity index (χ1v) is 5.41. The Bertz CT molecular complexity index is 227. The molecule has 4 heteroatoms. The van der Waals surface area contributed by atoms with E-state index in [1.807, 2.05) is 6.26 Å². The number of hydrogen-bond donors (Lipinski definition) is 2. The lowest BCUT2D eigenvalue weighted by atomic mass is 9.92. The van der Waals surface area contributed by atoms with Gasteiger partial charge in [0.2, 0.25) is 0 Å². The molecule has 0 aromatic rings. The molecule has 88 valence electrons. The van der Waals surface area contributed by atoms with Crippen LogP contribution in [0.15, 0.2) is 11.8 Å². The van der Waals surface area contributed by atoms with Crippen molar-refractivity contribution < 1.29 is 9.47 Å². The Kier molecular flexibility index (Phi) is 4.57. The summed E-state index contributed by atoms with van der Waals surface area (Å²) < 4.78 is 10.7. The Morgan fingerprint density at radius 2 is 2.40 bits per heavy atom. The molecule has 1 aliphatic rings. The van der Waals surface area contributed by atoms with E-state index in [4.69, 9.17) is 15.3 Å². The second kappa shape index (κ2) is 5.49. The Balaban J connectivity index is 2.58. The summed E-state index contributed by atoms with van der Waals surface area (Å²) in [6.07, 6.45) is 4.79. The average Bonchev–Trinajstić information content (AvgIpc) is 2.27. The van der Waals surface area contributed by atoms with Crippen LogP contribution in [0.4, 0.5) is 0 Å². The van der Waals surface area contributed by atoms with Crippen molar-refractivity contribution in [1.82, 2.24) is 5.43 Å². The SMILES string of the molecule is COC(C)(C)CC(NN)C1=COCCC1. The van der Waals surface area contributed by atoms with E-state index < -0.39 is 0 Å². The zero-order valence-electron chi connectivity index (χ0n) is 9.88. The Hall–Kier alpha value is -0.580. The largest absolute Gasteiger partial charge is 0.501 e. The van der Waals surface area contributed by atoms with Gasteiger partial charge in [-0.25, -0.2) is 0 Å². The van der Waals surface area contributed by atoms with Gasteiger partial charge < -0.3 is 9.47 Å². The molecule has 1 atom stereocenters. The van der Waals surface area contributed by atoms with Gasteiger partial charge in [-0.3, -0.25) is 11.3 Å². The minimum Gasteiger partial charge on any atom is -0.501 e. The molecule has 0 fully saturated rings. The highest BCUT2D eigenvalue weighted by Gasteiger charge is 2.25. The Morgan fingerprint density at radius 3 is 2.87 bits per heavy atom. The van der Waals surface area contributed by atoms with E-state index >= 15 is 0 Å². The monoisotopic (exact) mass is 214 g/mol. The summed E-state index contributed by atoms with van der Waals surface area (Å²) in [6, 6.07) is 0.139. The highest BCUT2D eigenvalue weighted by molar-refractivity contribution is 5.10. The maximum atomic E-state index is 5.56. The number of ether oxygens (including phenoxy) is 2. The van der Waals surface area contributed by atoms with E-state index in [-0.39, 0.29) is 11.6 Å². The number of hydrogen-bond acceptors (Lipinski definition) is 4. The second-order valence-electron chi connectivity index (χ2n) is 4.55. The minimum atomic E-state index is -0.171. The van der Waals surface area contributed by atoms with Crippen molar-refractivity contribution >= 4 is 0 Å². The molecule has 0 aromatic carbocycles. The molecule has 15 heavy (non-hydrogen) atoms. The van der Waals surface area contributed by atoms with Crippen molar-refractivity contribution in [2.24, 2.45) is 5.84 Å². The lowest BCUT2D eigenvalue weighted by Gasteiger charge is -2.30. The van der Waals surface area contributed by atoms with Gasteiger partial charge in [-0.2, -0.15) is 0 Å². The van der Waals surface area contributed by atoms with E-state index in [9.17, 15) is 0 Å². The molecule has 0 aliphatic carbocycles. The molecule has 0 saturated heterocycles. The highest BCUT2D eigenvalue weighted by atomic mass is 16.5. The molecule has 1 heterocycles. The van der Waals surface area contributed by atoms with Crippen molar-refractivity contribution in [1.29, 1.82) is 0 Å². The third-order valence-electron chi connectivity index (χ3n) is 2.86. The lowest BCUT2D eigenvalue weighted by molar-refractivity contribution is 0.00905. The third kappa shape index (κ3) is 3.81. The maximum Gasteiger partial charge on any atom is 0.0876 e. The molecular formula is C11H22N2O2. The predicted molar refractivity (Wildman–Crippen MR) is 60.1 cm³/mol. The second-order valence-corrected chi connectivity index (χ2v) is 4.55. The summed E-state index contributed by atoms with van der Waals surface area (Å²) in [4.78, 5) is 0. The zero-order chi connectivity index (χ0) is 11.3. The molecule has 0 bridgehead atoms. The van der Waals surface area contributed by atoms with Crippen molar-refractivity contribution in [3.63, 3.8) is 0 Å². The van der Waals surface area contributed by atoms with Gasteiger partial charge in [0, 0.05) is 13.2 Å². The van der Waals surface area contributed by atoms with E-state index in [0.29, 0.717) is 0 Å². The number of nitrogens with two attached hydrogens (primary N) is 1. The fraction of sp³-hybridized carbons (Fsp3) is 0.818. The quantitative estimate of drug-likeness (QED) is 0.535. The molecule has 0 radical (unpaired) electrons. The first-order valence-electron chi connectivity index (χ1n) is 5.41. The van der Waals surface area contributed by atoms with E-state index in [2.05, 4.69) is 19.3 Å². The summed E-state index contributed by atoms with van der Waals surface area (Å²) in [5, 5.41) is 0. The molecule has 4 nitrogen and oxygen atoms in total. The van der Waals surface area contributed by atoms with E-state index in [1.165, 1.54) is 5.57 Å². The number of hydrazine groups is 1. The van der Waals surface area contributed by atoms with Gasteiger partial charge >= 0.3 is 0 Å². The van der Waals surface area contributed by atoms with Gasteiger partial charge in [-0.05, 0) is 38.7 Å². The molecule has 1 rings (SSSR count). The third-order valence-corrected chi connectivity index (χ3v) is 2.86. The van der Waals surface area contributed by atoms with Gasteiger partial charge in [0.15, 0.2) is 0 Å². The van der Waals surface area contributed by atoms with Crippen LogP contribution in [0.3, 0.4) is 0 Å². The summed E-state index contributed by atoms with van der Waals surface area (Å²) in [5.41, 5.74) is 3.89. The van der Waals surface area contributed by atoms with Gasteiger partial charge in [0.05, 0.1) is 18.5 Å². The van der Waals surface area contributed by atoms with Crippen molar-refractivity contribution in [3.05, 3.63) is 11.8 Å². The molecule has 3 N–H and O–H groups in total. The average molecular weight is 214 g/mol. The van der Waals surface area contributed by atoms with Gasteiger partial charge in [0.25, 0.3) is 0 Å². The highest BCUT2D eigenvalue weighted by Crippen LogP contribution is 2.23. The normalized spacial score (nSPS) is 19.3. The molecule has 0 aromatic heterocycles. The van der Waals surface area contributed by atoms with Crippen LogP contribution in [0.5, 0.6) is 0 Å². The van der Waals surface area contributed by atoms with Crippen LogP contribution in [0, 0.1) is 0 Å². The maximum absolute atomic E-state index is 5.56. The molecule has 1 aliphatic heterocycles. The summed E-state index contributed by atoms with van der Waals surface area (Å²) in [6.45, 7) is 4.93. The fourth-order valence-electron chi connectivity index (χ4n) is 1.71.